The highest BCUT2D eigenvalue weighted by molar-refractivity contribution is 6.10. The van der Waals surface area contributed by atoms with Gasteiger partial charge in [-0.1, -0.05) is 42.5 Å². The first-order chi connectivity index (χ1) is 20.7. The van der Waals surface area contributed by atoms with Gasteiger partial charge in [0.2, 0.25) is 0 Å². The van der Waals surface area contributed by atoms with Gasteiger partial charge in [0.15, 0.2) is 0 Å². The molecule has 0 aliphatic carbocycles. The molecule has 0 bridgehead atoms. The van der Waals surface area contributed by atoms with Crippen LogP contribution >= 0.6 is 0 Å². The van der Waals surface area contributed by atoms with Crippen LogP contribution in [-0.2, 0) is 0 Å². The van der Waals surface area contributed by atoms with Gasteiger partial charge >= 0.3 is 0 Å². The standard InChI is InChI=1S/C37H21N5/c38-22-24-13-15-35-32(18-24)33-19-25(23-39)14-16-36(33)41(35)28-8-3-6-26(20-28)27-7-4-9-29(21-27)42-34-12-2-1-10-30(34)31-11-5-17-40-37(31)42/h1-21H. The first-order valence-electron chi connectivity index (χ1n) is 13.7. The zero-order chi connectivity index (χ0) is 28.2. The van der Waals surface area contributed by atoms with Crippen molar-refractivity contribution in [2.45, 2.75) is 0 Å². The lowest BCUT2D eigenvalue weighted by Crippen LogP contribution is -1.96. The predicted octanol–water partition coefficient (Wildman–Crippen LogP) is 8.69. The second-order valence-electron chi connectivity index (χ2n) is 10.4. The van der Waals surface area contributed by atoms with Gasteiger partial charge in [-0.15, -0.1) is 0 Å². The maximum Gasteiger partial charge on any atom is 0.145 e. The molecule has 0 atom stereocenters. The second kappa shape index (κ2) is 9.20. The SMILES string of the molecule is N#Cc1ccc2c(c1)c1cc(C#N)ccc1n2-c1cccc(-c2cccc(-n3c4ccccc4c4cccnc43)c2)c1. The van der Waals surface area contributed by atoms with Gasteiger partial charge < -0.3 is 4.57 Å². The fourth-order valence-corrected chi connectivity index (χ4v) is 6.15. The Bertz CT molecular complexity index is 2320. The van der Waals surface area contributed by atoms with E-state index in [4.69, 9.17) is 4.98 Å². The summed E-state index contributed by atoms with van der Waals surface area (Å²) in [6.45, 7) is 0. The largest absolute Gasteiger partial charge is 0.309 e. The molecule has 3 aromatic heterocycles. The molecule has 0 radical (unpaired) electrons. The third kappa shape index (κ3) is 3.52. The molecule has 42 heavy (non-hydrogen) atoms. The van der Waals surface area contributed by atoms with Crippen molar-refractivity contribution in [3.8, 4) is 34.6 Å². The van der Waals surface area contributed by atoms with E-state index in [1.54, 1.807) is 0 Å². The molecule has 0 unspecified atom stereocenters. The Kier molecular flexibility index (Phi) is 5.19. The summed E-state index contributed by atoms with van der Waals surface area (Å²) in [5.74, 6) is 0. The van der Waals surface area contributed by atoms with Crippen LogP contribution in [0.15, 0.2) is 128 Å². The molecule has 5 nitrogen and oxygen atoms in total. The molecular weight excluding hydrogens is 514 g/mol. The summed E-state index contributed by atoms with van der Waals surface area (Å²) in [5.41, 5.74) is 9.44. The highest BCUT2D eigenvalue weighted by Crippen LogP contribution is 2.36. The van der Waals surface area contributed by atoms with E-state index in [0.29, 0.717) is 11.1 Å². The minimum atomic E-state index is 0.592. The minimum absolute atomic E-state index is 0.592. The molecule has 0 fully saturated rings. The topological polar surface area (TPSA) is 70.3 Å². The highest BCUT2D eigenvalue weighted by atomic mass is 15.0. The lowest BCUT2D eigenvalue weighted by atomic mass is 10.0. The minimum Gasteiger partial charge on any atom is -0.309 e. The highest BCUT2D eigenvalue weighted by Gasteiger charge is 2.16. The van der Waals surface area contributed by atoms with Crippen LogP contribution in [0.5, 0.6) is 0 Å². The molecule has 8 rings (SSSR count). The molecule has 5 heteroatoms. The molecule has 0 N–H and O–H groups in total. The lowest BCUT2D eigenvalue weighted by molar-refractivity contribution is 1.14. The van der Waals surface area contributed by atoms with E-state index in [1.165, 1.54) is 5.39 Å². The van der Waals surface area contributed by atoms with Gasteiger partial charge in [-0.05, 0) is 90.0 Å². The molecule has 3 heterocycles. The van der Waals surface area contributed by atoms with Crippen molar-refractivity contribution >= 4 is 43.7 Å². The summed E-state index contributed by atoms with van der Waals surface area (Å²) in [6, 6.07) is 45.6. The monoisotopic (exact) mass is 535 g/mol. The van der Waals surface area contributed by atoms with E-state index >= 15 is 0 Å². The lowest BCUT2D eigenvalue weighted by Gasteiger charge is -2.12. The molecule has 8 aromatic rings. The Balaban J connectivity index is 1.31. The second-order valence-corrected chi connectivity index (χ2v) is 10.4. The van der Waals surface area contributed by atoms with Crippen molar-refractivity contribution in [3.05, 3.63) is 139 Å². The van der Waals surface area contributed by atoms with Crippen molar-refractivity contribution in [1.29, 1.82) is 10.5 Å². The molecule has 0 aliphatic rings. The Hall–Kier alpha value is -6.17. The van der Waals surface area contributed by atoms with Crippen molar-refractivity contribution in [2.75, 3.05) is 0 Å². The van der Waals surface area contributed by atoms with Crippen LogP contribution in [0.2, 0.25) is 0 Å². The number of hydrogen-bond donors (Lipinski definition) is 0. The van der Waals surface area contributed by atoms with Crippen molar-refractivity contribution in [1.82, 2.24) is 14.1 Å². The summed E-state index contributed by atoms with van der Waals surface area (Å²) in [6.07, 6.45) is 1.84. The third-order valence-electron chi connectivity index (χ3n) is 8.00. The summed E-state index contributed by atoms with van der Waals surface area (Å²) >= 11 is 0. The Morgan fingerprint density at radius 2 is 1.05 bits per heavy atom. The number of para-hydroxylation sites is 1. The number of nitriles is 2. The van der Waals surface area contributed by atoms with Crippen LogP contribution in [0.3, 0.4) is 0 Å². The number of nitrogens with zero attached hydrogens (tertiary/aromatic N) is 5. The maximum absolute atomic E-state index is 9.55. The zero-order valence-corrected chi connectivity index (χ0v) is 22.4. The molecule has 0 saturated carbocycles. The molecule has 194 valence electrons. The number of hydrogen-bond acceptors (Lipinski definition) is 3. The van der Waals surface area contributed by atoms with E-state index in [2.05, 4.69) is 100 Å². The number of fused-ring (bicyclic) bond motifs is 6. The van der Waals surface area contributed by atoms with Gasteiger partial charge in [-0.3, -0.25) is 4.57 Å². The molecule has 0 saturated heterocycles. The van der Waals surface area contributed by atoms with Crippen LogP contribution in [0.1, 0.15) is 11.1 Å². The summed E-state index contributed by atoms with van der Waals surface area (Å²) < 4.78 is 4.43. The van der Waals surface area contributed by atoms with Crippen LogP contribution in [-0.4, -0.2) is 14.1 Å². The van der Waals surface area contributed by atoms with Gasteiger partial charge in [0.05, 0.1) is 39.8 Å². The summed E-state index contributed by atoms with van der Waals surface area (Å²) in [7, 11) is 0. The van der Waals surface area contributed by atoms with Gasteiger partial charge in [-0.25, -0.2) is 4.98 Å². The third-order valence-corrected chi connectivity index (χ3v) is 8.00. The summed E-state index contributed by atoms with van der Waals surface area (Å²) in [5, 5.41) is 23.3. The van der Waals surface area contributed by atoms with Gasteiger partial charge in [0.1, 0.15) is 5.65 Å². The first kappa shape index (κ1) is 23.7. The summed E-state index contributed by atoms with van der Waals surface area (Å²) in [4.78, 5) is 4.75. The average Bonchev–Trinajstić information content (AvgIpc) is 3.57. The van der Waals surface area contributed by atoms with E-state index in [9.17, 15) is 10.5 Å². The van der Waals surface area contributed by atoms with Crippen LogP contribution in [0.4, 0.5) is 0 Å². The molecule has 0 aliphatic heterocycles. The first-order valence-corrected chi connectivity index (χ1v) is 13.7. The van der Waals surface area contributed by atoms with Crippen LogP contribution in [0, 0.1) is 22.7 Å². The van der Waals surface area contributed by atoms with Crippen molar-refractivity contribution in [3.63, 3.8) is 0 Å². The maximum atomic E-state index is 9.55. The van der Waals surface area contributed by atoms with E-state index in [-0.39, 0.29) is 0 Å². The number of benzene rings is 5. The molecule has 5 aromatic carbocycles. The smallest absolute Gasteiger partial charge is 0.145 e. The van der Waals surface area contributed by atoms with Crippen molar-refractivity contribution in [2.24, 2.45) is 0 Å². The van der Waals surface area contributed by atoms with Gasteiger partial charge in [0.25, 0.3) is 0 Å². The fraction of sp³-hybridized carbons (Fsp3) is 0. The number of rotatable bonds is 3. The molecular formula is C37H21N5. The van der Waals surface area contributed by atoms with Crippen LogP contribution in [0.25, 0.3) is 66.2 Å². The number of aromatic nitrogens is 3. The predicted molar refractivity (Wildman–Crippen MR) is 168 cm³/mol. The fourth-order valence-electron chi connectivity index (χ4n) is 6.15. The van der Waals surface area contributed by atoms with E-state index in [0.717, 1.165) is 60.9 Å². The zero-order valence-electron chi connectivity index (χ0n) is 22.4. The average molecular weight is 536 g/mol. The van der Waals surface area contributed by atoms with Crippen LogP contribution < -0.4 is 0 Å². The Labute approximate surface area is 241 Å². The molecule has 0 amide bonds. The van der Waals surface area contributed by atoms with E-state index < -0.39 is 0 Å². The molecule has 0 spiro atoms. The van der Waals surface area contributed by atoms with Gasteiger partial charge in [-0.2, -0.15) is 10.5 Å². The Morgan fingerprint density at radius 1 is 0.476 bits per heavy atom. The van der Waals surface area contributed by atoms with Gasteiger partial charge in [0, 0.05) is 39.1 Å². The quantitative estimate of drug-likeness (QED) is 0.227. The Morgan fingerprint density at radius 3 is 1.69 bits per heavy atom. The number of pyridine rings is 1. The van der Waals surface area contributed by atoms with Crippen molar-refractivity contribution < 1.29 is 0 Å². The normalized spacial score (nSPS) is 11.3. The van der Waals surface area contributed by atoms with E-state index in [1.807, 2.05) is 48.7 Å².